The molecule has 0 heterocycles. The minimum Gasteiger partial charge on any atom is -0.107 e. The summed E-state index contributed by atoms with van der Waals surface area (Å²) in [6, 6.07) is 0. The maximum absolute atomic E-state index is 3.12. The third-order valence-electron chi connectivity index (χ3n) is 1.85. The summed E-state index contributed by atoms with van der Waals surface area (Å²) in [6.07, 6.45) is 7.48. The van der Waals surface area contributed by atoms with Crippen molar-refractivity contribution in [3.8, 4) is 11.8 Å². The van der Waals surface area contributed by atoms with Gasteiger partial charge in [0.1, 0.15) is 0 Å². The van der Waals surface area contributed by atoms with Gasteiger partial charge in [-0.25, -0.2) is 0 Å². The Hall–Kier alpha value is -0.440. The third-order valence-corrected chi connectivity index (χ3v) is 1.85. The lowest BCUT2D eigenvalue weighted by molar-refractivity contribution is 0.574. The van der Waals surface area contributed by atoms with Crippen LogP contribution in [0.5, 0.6) is 0 Å². The molecule has 9 heavy (non-hydrogen) atoms. The first-order valence-electron chi connectivity index (χ1n) is 3.64. The smallest absolute Gasteiger partial charge is 0.0117 e. The molecule has 1 unspecified atom stereocenters. The standard InChI is InChI=1S/C9H13/c1-2-3-6-9-7-4-5-8-9/h4,9H,5-8H2,1H3. The van der Waals surface area contributed by atoms with Gasteiger partial charge in [-0.05, 0) is 38.5 Å². The van der Waals surface area contributed by atoms with Crippen molar-refractivity contribution in [3.63, 3.8) is 0 Å². The van der Waals surface area contributed by atoms with Gasteiger partial charge in [0.2, 0.25) is 0 Å². The third kappa shape index (κ3) is 2.10. The molecule has 0 N–H and O–H groups in total. The zero-order chi connectivity index (χ0) is 6.53. The highest BCUT2D eigenvalue weighted by Gasteiger charge is 2.12. The molecule has 0 aromatic carbocycles. The zero-order valence-electron chi connectivity index (χ0n) is 5.98. The van der Waals surface area contributed by atoms with Crippen LogP contribution in [0.15, 0.2) is 0 Å². The number of hydrogen-bond donors (Lipinski definition) is 0. The van der Waals surface area contributed by atoms with Crippen LogP contribution in [0.25, 0.3) is 0 Å². The fourth-order valence-corrected chi connectivity index (χ4v) is 1.26. The van der Waals surface area contributed by atoms with E-state index >= 15 is 0 Å². The van der Waals surface area contributed by atoms with Crippen molar-refractivity contribution in [2.45, 2.75) is 32.6 Å². The molecule has 0 aromatic rings. The monoisotopic (exact) mass is 121 g/mol. The van der Waals surface area contributed by atoms with Gasteiger partial charge in [0.05, 0.1) is 0 Å². The van der Waals surface area contributed by atoms with Crippen molar-refractivity contribution in [1.29, 1.82) is 0 Å². The van der Waals surface area contributed by atoms with Crippen molar-refractivity contribution in [2.24, 2.45) is 5.92 Å². The minimum absolute atomic E-state index is 0.887. The summed E-state index contributed by atoms with van der Waals surface area (Å²) in [7, 11) is 0. The molecule has 0 aliphatic heterocycles. The summed E-state index contributed by atoms with van der Waals surface area (Å²) in [5.41, 5.74) is 0. The van der Waals surface area contributed by atoms with E-state index in [1.165, 1.54) is 19.3 Å². The second kappa shape index (κ2) is 3.56. The molecule has 1 atom stereocenters. The summed E-state index contributed by atoms with van der Waals surface area (Å²) in [5.74, 6) is 6.94. The first-order chi connectivity index (χ1) is 4.43. The topological polar surface area (TPSA) is 0 Å². The molecule has 1 aliphatic rings. The van der Waals surface area contributed by atoms with Crippen LogP contribution in [0.2, 0.25) is 0 Å². The first-order valence-corrected chi connectivity index (χ1v) is 3.64. The van der Waals surface area contributed by atoms with Crippen LogP contribution < -0.4 is 0 Å². The Kier molecular flexibility index (Phi) is 2.64. The lowest BCUT2D eigenvalue weighted by Crippen LogP contribution is -1.88. The summed E-state index contributed by atoms with van der Waals surface area (Å²) < 4.78 is 0. The Bertz CT molecular complexity index is 119. The molecule has 1 aliphatic carbocycles. The van der Waals surface area contributed by atoms with Crippen LogP contribution >= 0.6 is 0 Å². The highest BCUT2D eigenvalue weighted by molar-refractivity contribution is 4.98. The van der Waals surface area contributed by atoms with Gasteiger partial charge in [-0.15, -0.1) is 11.8 Å². The van der Waals surface area contributed by atoms with E-state index in [-0.39, 0.29) is 0 Å². The van der Waals surface area contributed by atoms with E-state index in [2.05, 4.69) is 18.3 Å². The summed E-state index contributed by atoms with van der Waals surface area (Å²) in [5, 5.41) is 0. The van der Waals surface area contributed by atoms with E-state index in [0.717, 1.165) is 12.3 Å². The van der Waals surface area contributed by atoms with Crippen molar-refractivity contribution in [1.82, 2.24) is 0 Å². The van der Waals surface area contributed by atoms with Crippen molar-refractivity contribution >= 4 is 0 Å². The highest BCUT2D eigenvalue weighted by atomic mass is 14.2. The summed E-state index contributed by atoms with van der Waals surface area (Å²) >= 11 is 0. The Labute approximate surface area is 57.7 Å². The van der Waals surface area contributed by atoms with Crippen LogP contribution in [0.3, 0.4) is 0 Å². The molecule has 1 saturated carbocycles. The minimum atomic E-state index is 0.887. The average molecular weight is 121 g/mol. The predicted molar refractivity (Wildman–Crippen MR) is 39.7 cm³/mol. The van der Waals surface area contributed by atoms with Crippen LogP contribution in [-0.2, 0) is 0 Å². The zero-order valence-corrected chi connectivity index (χ0v) is 5.98. The lowest BCUT2D eigenvalue weighted by Gasteiger charge is -1.99. The highest BCUT2D eigenvalue weighted by Crippen LogP contribution is 2.25. The average Bonchev–Trinajstić information content (AvgIpc) is 2.34. The normalized spacial score (nSPS) is 19.2. The van der Waals surface area contributed by atoms with E-state index in [1.807, 2.05) is 6.92 Å². The maximum atomic E-state index is 3.12. The van der Waals surface area contributed by atoms with Crippen molar-refractivity contribution < 1.29 is 0 Å². The van der Waals surface area contributed by atoms with Gasteiger partial charge in [0.15, 0.2) is 0 Å². The Morgan fingerprint density at radius 3 is 3.11 bits per heavy atom. The largest absolute Gasteiger partial charge is 0.107 e. The molecule has 0 nitrogen and oxygen atoms in total. The van der Waals surface area contributed by atoms with E-state index in [1.54, 1.807) is 0 Å². The molecule has 49 valence electrons. The van der Waals surface area contributed by atoms with Gasteiger partial charge in [-0.1, -0.05) is 0 Å². The van der Waals surface area contributed by atoms with Crippen molar-refractivity contribution in [3.05, 3.63) is 6.42 Å². The molecule has 0 saturated heterocycles. The molecule has 0 bridgehead atoms. The van der Waals surface area contributed by atoms with E-state index < -0.39 is 0 Å². The maximum Gasteiger partial charge on any atom is 0.0117 e. The van der Waals surface area contributed by atoms with E-state index in [0.29, 0.717) is 0 Å². The lowest BCUT2D eigenvalue weighted by atomic mass is 10.1. The molecule has 1 radical (unpaired) electrons. The molecule has 1 fully saturated rings. The van der Waals surface area contributed by atoms with Gasteiger partial charge in [0.25, 0.3) is 0 Å². The summed E-state index contributed by atoms with van der Waals surface area (Å²) in [6.45, 7) is 1.92. The second-order valence-corrected chi connectivity index (χ2v) is 2.60. The van der Waals surface area contributed by atoms with Gasteiger partial charge in [-0.2, -0.15) is 0 Å². The molecule has 0 spiro atoms. The second-order valence-electron chi connectivity index (χ2n) is 2.60. The molecule has 0 heteroatoms. The van der Waals surface area contributed by atoms with Crippen LogP contribution in [-0.4, -0.2) is 0 Å². The fraction of sp³-hybridized carbons (Fsp3) is 0.667. The fourth-order valence-electron chi connectivity index (χ4n) is 1.26. The van der Waals surface area contributed by atoms with Gasteiger partial charge in [0, 0.05) is 6.42 Å². The van der Waals surface area contributed by atoms with Gasteiger partial charge >= 0.3 is 0 Å². The number of rotatable bonds is 1. The molecule has 0 aromatic heterocycles. The Balaban J connectivity index is 2.16. The van der Waals surface area contributed by atoms with Gasteiger partial charge in [-0.3, -0.25) is 0 Å². The Morgan fingerprint density at radius 2 is 2.56 bits per heavy atom. The van der Waals surface area contributed by atoms with Gasteiger partial charge < -0.3 is 0 Å². The van der Waals surface area contributed by atoms with Crippen LogP contribution in [0, 0.1) is 24.2 Å². The first kappa shape index (κ1) is 6.68. The number of hydrogen-bond acceptors (Lipinski definition) is 0. The van der Waals surface area contributed by atoms with E-state index in [9.17, 15) is 0 Å². The predicted octanol–water partition coefficient (Wildman–Crippen LogP) is 2.40. The van der Waals surface area contributed by atoms with Crippen LogP contribution in [0.4, 0.5) is 0 Å². The molecular formula is C9H13. The summed E-state index contributed by atoms with van der Waals surface area (Å²) in [4.78, 5) is 0. The SMILES string of the molecule is CC#CCC1C[CH]CC1. The quantitative estimate of drug-likeness (QED) is 0.467. The van der Waals surface area contributed by atoms with Crippen LogP contribution in [0.1, 0.15) is 32.6 Å². The van der Waals surface area contributed by atoms with E-state index in [4.69, 9.17) is 0 Å². The molecule has 1 rings (SSSR count). The van der Waals surface area contributed by atoms with Crippen molar-refractivity contribution in [2.75, 3.05) is 0 Å². The molecular weight excluding hydrogens is 108 g/mol. The Morgan fingerprint density at radius 1 is 1.67 bits per heavy atom. The molecule has 0 amide bonds.